The molecule has 0 radical (unpaired) electrons. The van der Waals surface area contributed by atoms with Crippen molar-refractivity contribution in [3.05, 3.63) is 70.8 Å². The second kappa shape index (κ2) is 15.9. The number of piperazine rings is 2. The molecule has 10 nitrogen and oxygen atoms in total. The Labute approximate surface area is 281 Å². The summed E-state index contributed by atoms with van der Waals surface area (Å²) < 4.78 is 94.4. The average Bonchev–Trinajstić information content (AvgIpc) is 3.08. The Hall–Kier alpha value is -4.35. The van der Waals surface area contributed by atoms with E-state index < -0.39 is 69.1 Å². The third-order valence-corrected chi connectivity index (χ3v) is 8.83. The van der Waals surface area contributed by atoms with Crippen LogP contribution in [0.1, 0.15) is 22.3 Å². The Kier molecular flexibility index (Phi) is 12.2. The molecule has 2 fully saturated rings. The molecule has 2 aliphatic rings. The number of nitrogens with one attached hydrogen (secondary N) is 2. The first-order valence-corrected chi connectivity index (χ1v) is 15.6. The van der Waals surface area contributed by atoms with Crippen molar-refractivity contribution in [1.82, 2.24) is 20.4 Å². The Bertz CT molecular complexity index is 1510. The normalized spacial score (nSPS) is 18.9. The van der Waals surface area contributed by atoms with Crippen LogP contribution in [-0.2, 0) is 41.0 Å². The Balaban J connectivity index is 1.57. The maximum absolute atomic E-state index is 14.2. The van der Waals surface area contributed by atoms with Crippen molar-refractivity contribution in [2.75, 3.05) is 53.5 Å². The second-order valence-electron chi connectivity index (χ2n) is 10.8. The first kappa shape index (κ1) is 37.5. The molecule has 2 aromatic rings. The van der Waals surface area contributed by atoms with Gasteiger partial charge in [-0.3, -0.25) is 9.59 Å². The third-order valence-electron chi connectivity index (χ3n) is 7.67. The first-order chi connectivity index (χ1) is 23.1. The number of esters is 2. The summed E-state index contributed by atoms with van der Waals surface area (Å²) >= 11 is 0.263. The summed E-state index contributed by atoms with van der Waals surface area (Å²) in [5, 5.41) is 5.91. The number of nitrogens with zero attached hydrogens (tertiary/aromatic N) is 2. The summed E-state index contributed by atoms with van der Waals surface area (Å²) in [6.45, 7) is 1.37. The van der Waals surface area contributed by atoms with Gasteiger partial charge in [0.25, 0.3) is 0 Å². The summed E-state index contributed by atoms with van der Waals surface area (Å²) in [4.78, 5) is 51.1. The highest BCUT2D eigenvalue weighted by Gasteiger charge is 2.38. The summed E-state index contributed by atoms with van der Waals surface area (Å²) in [5.74, 6) is -2.58. The molecule has 2 heterocycles. The highest BCUT2D eigenvalue weighted by atomic mass is 32.2. The van der Waals surface area contributed by atoms with Crippen molar-refractivity contribution >= 4 is 47.7 Å². The van der Waals surface area contributed by atoms with Gasteiger partial charge in [-0.2, -0.15) is 26.3 Å². The molecular weight excluding hydrogens is 682 g/mol. The minimum atomic E-state index is -4.96. The smallest absolute Gasteiger partial charge is 0.417 e. The van der Waals surface area contributed by atoms with E-state index in [0.717, 1.165) is 62.8 Å². The fourth-order valence-corrected chi connectivity index (χ4v) is 6.28. The van der Waals surface area contributed by atoms with E-state index in [9.17, 15) is 45.5 Å². The summed E-state index contributed by atoms with van der Waals surface area (Å²) in [6.07, 6.45) is -5.64. The van der Waals surface area contributed by atoms with Crippen molar-refractivity contribution in [1.29, 1.82) is 0 Å². The number of amides is 2. The van der Waals surface area contributed by atoms with Crippen molar-refractivity contribution in [2.24, 2.45) is 0 Å². The molecule has 2 unspecified atom stereocenters. The van der Waals surface area contributed by atoms with Crippen LogP contribution >= 0.6 is 11.8 Å². The highest BCUT2D eigenvalue weighted by molar-refractivity contribution is 7.99. The maximum atomic E-state index is 14.2. The van der Waals surface area contributed by atoms with Gasteiger partial charge in [-0.05, 0) is 47.5 Å². The molecule has 0 aliphatic carbocycles. The van der Waals surface area contributed by atoms with Crippen molar-refractivity contribution in [3.8, 4) is 0 Å². The fraction of sp³-hybridized carbons (Fsp3) is 0.375. The molecule has 2 N–H and O–H groups in total. The minimum Gasteiger partial charge on any atom is -0.467 e. The van der Waals surface area contributed by atoms with E-state index in [1.54, 1.807) is 0 Å². The lowest BCUT2D eigenvalue weighted by atomic mass is 10.1. The lowest BCUT2D eigenvalue weighted by molar-refractivity contribution is -0.152. The van der Waals surface area contributed by atoms with E-state index in [0.29, 0.717) is 13.1 Å². The lowest BCUT2D eigenvalue weighted by Crippen LogP contribution is -2.56. The second-order valence-corrected chi connectivity index (χ2v) is 11.9. The lowest BCUT2D eigenvalue weighted by Gasteiger charge is -2.33. The predicted octanol–water partition coefficient (Wildman–Crippen LogP) is 3.85. The Morgan fingerprint density at radius 2 is 1.10 bits per heavy atom. The molecule has 0 saturated carbocycles. The standard InChI is InChI=1S/C32H32F6N4O6S/c1-47-29(45)23-17-39-11-13-41(23)27(43)9-5-19-3-7-25(21(15-19)31(33,34)35)49-26-8-4-20(16-22(26)32(36,37)38)6-10-28(44)42-14-12-40-18-24(42)30(46)48-2/h3-10,15-16,23-24,39-40H,11-14,17-18H2,1-2H3/b9-5+,10-6+. The number of benzene rings is 2. The number of rotatable bonds is 8. The topological polar surface area (TPSA) is 117 Å². The molecule has 4 rings (SSSR count). The largest absolute Gasteiger partial charge is 0.467 e. The zero-order chi connectivity index (χ0) is 35.9. The van der Waals surface area contributed by atoms with Gasteiger partial charge in [0.1, 0.15) is 12.1 Å². The number of carbonyl (C=O) groups is 4. The fourth-order valence-electron chi connectivity index (χ4n) is 5.20. The van der Waals surface area contributed by atoms with Gasteiger partial charge in [-0.15, -0.1) is 0 Å². The first-order valence-electron chi connectivity index (χ1n) is 14.8. The summed E-state index contributed by atoms with van der Waals surface area (Å²) in [6, 6.07) is 4.07. The molecule has 2 amide bonds. The van der Waals surface area contributed by atoms with Gasteiger partial charge in [0.15, 0.2) is 0 Å². The summed E-state index contributed by atoms with van der Waals surface area (Å²) in [7, 11) is 2.33. The number of hydrogen-bond acceptors (Lipinski definition) is 9. The van der Waals surface area contributed by atoms with Gasteiger partial charge in [-0.1, -0.05) is 23.9 Å². The number of halogens is 6. The van der Waals surface area contributed by atoms with Crippen LogP contribution in [0.5, 0.6) is 0 Å². The molecule has 2 saturated heterocycles. The van der Waals surface area contributed by atoms with Crippen molar-refractivity contribution in [2.45, 2.75) is 34.2 Å². The van der Waals surface area contributed by atoms with Crippen LogP contribution < -0.4 is 10.6 Å². The molecule has 0 bridgehead atoms. The van der Waals surface area contributed by atoms with Crippen LogP contribution in [0.4, 0.5) is 26.3 Å². The van der Waals surface area contributed by atoms with Crippen molar-refractivity contribution < 1.29 is 55.0 Å². The van der Waals surface area contributed by atoms with Gasteiger partial charge in [0.2, 0.25) is 11.8 Å². The van der Waals surface area contributed by atoms with Gasteiger partial charge in [0, 0.05) is 61.2 Å². The zero-order valence-electron chi connectivity index (χ0n) is 26.2. The molecule has 17 heteroatoms. The Morgan fingerprint density at radius 1 is 0.714 bits per heavy atom. The number of methoxy groups -OCH3 is 2. The van der Waals surface area contributed by atoms with E-state index in [2.05, 4.69) is 10.6 Å². The van der Waals surface area contributed by atoms with Gasteiger partial charge >= 0.3 is 24.3 Å². The molecule has 0 spiro atoms. The van der Waals surface area contributed by atoms with Gasteiger partial charge in [-0.25, -0.2) is 9.59 Å². The predicted molar refractivity (Wildman–Crippen MR) is 166 cm³/mol. The van der Waals surface area contributed by atoms with Crippen LogP contribution in [-0.4, -0.2) is 99.1 Å². The molecule has 2 aliphatic heterocycles. The van der Waals surface area contributed by atoms with Crippen LogP contribution in [0, 0.1) is 0 Å². The SMILES string of the molecule is COC(=O)C1CNCCN1C(=O)/C=C/c1ccc(Sc2ccc(/C=C/C(=O)N3CCNCC3C(=O)OC)cc2C(F)(F)F)c(C(F)(F)F)c1. The maximum Gasteiger partial charge on any atom is 0.417 e. The molecule has 264 valence electrons. The van der Waals surface area contributed by atoms with E-state index in [-0.39, 0.29) is 49.1 Å². The quantitative estimate of drug-likeness (QED) is 0.239. The number of carbonyl (C=O) groups excluding carboxylic acids is 4. The molecule has 0 aromatic heterocycles. The average molecular weight is 715 g/mol. The minimum absolute atomic E-state index is 0.0464. The van der Waals surface area contributed by atoms with E-state index in [4.69, 9.17) is 9.47 Å². The number of ether oxygens (including phenoxy) is 2. The van der Waals surface area contributed by atoms with Gasteiger partial charge in [0.05, 0.1) is 25.3 Å². The highest BCUT2D eigenvalue weighted by Crippen LogP contribution is 2.44. The van der Waals surface area contributed by atoms with Crippen LogP contribution in [0.3, 0.4) is 0 Å². The van der Waals surface area contributed by atoms with Crippen LogP contribution in [0.15, 0.2) is 58.3 Å². The van der Waals surface area contributed by atoms with Gasteiger partial charge < -0.3 is 29.9 Å². The van der Waals surface area contributed by atoms with Crippen molar-refractivity contribution in [3.63, 3.8) is 0 Å². The zero-order valence-corrected chi connectivity index (χ0v) is 27.0. The monoisotopic (exact) mass is 714 g/mol. The molecule has 2 aromatic carbocycles. The van der Waals surface area contributed by atoms with E-state index in [1.165, 1.54) is 21.9 Å². The molecule has 2 atom stereocenters. The van der Waals surface area contributed by atoms with Crippen LogP contribution in [0.25, 0.3) is 12.2 Å². The molecule has 49 heavy (non-hydrogen) atoms. The Morgan fingerprint density at radius 3 is 1.45 bits per heavy atom. The number of alkyl halides is 6. The van der Waals surface area contributed by atoms with E-state index in [1.807, 2.05) is 0 Å². The number of hydrogen-bond donors (Lipinski definition) is 2. The summed E-state index contributed by atoms with van der Waals surface area (Å²) in [5.41, 5.74) is -2.54. The van der Waals surface area contributed by atoms with Crippen LogP contribution in [0.2, 0.25) is 0 Å². The molecular formula is C32H32F6N4O6S. The van der Waals surface area contributed by atoms with E-state index >= 15 is 0 Å². The third kappa shape index (κ3) is 9.42.